The first kappa shape index (κ1) is 19.6. The molecule has 0 aromatic heterocycles. The molecule has 0 radical (unpaired) electrons. The molecule has 0 heterocycles. The number of hydrogen-bond donors (Lipinski definition) is 0. The molecule has 126 valence electrons. The second kappa shape index (κ2) is 12.1. The molecule has 0 unspecified atom stereocenters. The maximum Gasteiger partial charge on any atom is 0.126 e. The van der Waals surface area contributed by atoms with Gasteiger partial charge in [-0.1, -0.05) is 92.7 Å². The van der Waals surface area contributed by atoms with Crippen LogP contribution in [-0.2, 0) is 12.8 Å². The van der Waals surface area contributed by atoms with Crippen LogP contribution in [0, 0.1) is 12.7 Å². The number of aryl methyl sites for hydroxylation is 3. The van der Waals surface area contributed by atoms with Crippen LogP contribution in [0.25, 0.3) is 0 Å². The van der Waals surface area contributed by atoms with Gasteiger partial charge in [0.25, 0.3) is 0 Å². The lowest BCUT2D eigenvalue weighted by Crippen LogP contribution is -1.76. The quantitative estimate of drug-likeness (QED) is 0.496. The van der Waals surface area contributed by atoms with Gasteiger partial charge in [-0.25, -0.2) is 4.39 Å². The number of rotatable bonds is 2. The topological polar surface area (TPSA) is 0 Å². The molecule has 3 aromatic carbocycles. The Labute approximate surface area is 146 Å². The average Bonchev–Trinajstić information content (AvgIpc) is 2.66. The monoisotopic (exact) mass is 322 g/mol. The molecule has 0 aliphatic rings. The Morgan fingerprint density at radius 3 is 1.21 bits per heavy atom. The lowest BCUT2D eigenvalue weighted by atomic mass is 10.2. The van der Waals surface area contributed by atoms with Gasteiger partial charge in [-0.3, -0.25) is 0 Å². The fraction of sp³-hybridized carbons (Fsp3) is 0.217. The molecule has 3 aromatic rings. The van der Waals surface area contributed by atoms with Crippen molar-refractivity contribution in [3.63, 3.8) is 0 Å². The van der Waals surface area contributed by atoms with Gasteiger partial charge < -0.3 is 0 Å². The van der Waals surface area contributed by atoms with E-state index in [1.807, 2.05) is 18.2 Å². The molecule has 0 N–H and O–H groups in total. The van der Waals surface area contributed by atoms with Crippen LogP contribution in [0.3, 0.4) is 0 Å². The Bertz CT molecular complexity index is 599. The molecule has 24 heavy (non-hydrogen) atoms. The molecule has 0 spiro atoms. The van der Waals surface area contributed by atoms with Gasteiger partial charge in [0, 0.05) is 0 Å². The lowest BCUT2D eigenvalue weighted by molar-refractivity contribution is 0.618. The Morgan fingerprint density at radius 2 is 0.958 bits per heavy atom. The van der Waals surface area contributed by atoms with Crippen molar-refractivity contribution >= 4 is 0 Å². The summed E-state index contributed by atoms with van der Waals surface area (Å²) in [6, 6.07) is 27.6. The predicted molar refractivity (Wildman–Crippen MR) is 103 cm³/mol. The summed E-state index contributed by atoms with van der Waals surface area (Å²) in [6.07, 6.45) is 2.28. The SMILES string of the molecule is CCc1ccccc1.CCc1ccccc1.Cc1ccccc1F. The van der Waals surface area contributed by atoms with Crippen LogP contribution in [0.2, 0.25) is 0 Å². The van der Waals surface area contributed by atoms with Gasteiger partial charge in [0.2, 0.25) is 0 Å². The number of benzene rings is 3. The molecule has 3 rings (SSSR count). The summed E-state index contributed by atoms with van der Waals surface area (Å²) in [5, 5.41) is 0. The lowest BCUT2D eigenvalue weighted by Gasteiger charge is -1.89. The number of hydrogen-bond acceptors (Lipinski definition) is 0. The number of halogens is 1. The normalized spacial score (nSPS) is 9.17. The zero-order valence-corrected chi connectivity index (χ0v) is 14.9. The molecule has 1 heteroatoms. The summed E-state index contributed by atoms with van der Waals surface area (Å²) in [6.45, 7) is 6.07. The van der Waals surface area contributed by atoms with E-state index in [9.17, 15) is 4.39 Å². The standard InChI is InChI=1S/2C8H10.C7H7F/c2*1-2-8-6-4-3-5-7-8;1-6-4-2-3-5-7(6)8/h2*3-7H,2H2,1H3;2-5H,1H3. The molecule has 0 amide bonds. The van der Waals surface area contributed by atoms with Crippen LogP contribution in [0.1, 0.15) is 30.5 Å². The maximum atomic E-state index is 12.3. The third-order valence-electron chi connectivity index (χ3n) is 3.58. The van der Waals surface area contributed by atoms with Crippen LogP contribution in [0.15, 0.2) is 84.9 Å². The van der Waals surface area contributed by atoms with E-state index >= 15 is 0 Å². The fourth-order valence-electron chi connectivity index (χ4n) is 1.98. The van der Waals surface area contributed by atoms with E-state index in [2.05, 4.69) is 62.4 Å². The van der Waals surface area contributed by atoms with E-state index in [0.29, 0.717) is 5.56 Å². The Kier molecular flexibility index (Phi) is 9.87. The van der Waals surface area contributed by atoms with Crippen molar-refractivity contribution < 1.29 is 4.39 Å². The molecule has 0 atom stereocenters. The molecule has 0 saturated carbocycles. The van der Waals surface area contributed by atoms with Crippen molar-refractivity contribution in [1.82, 2.24) is 0 Å². The summed E-state index contributed by atoms with van der Waals surface area (Å²) in [5.41, 5.74) is 3.52. The summed E-state index contributed by atoms with van der Waals surface area (Å²) >= 11 is 0. The van der Waals surface area contributed by atoms with Gasteiger partial charge in [-0.05, 0) is 42.5 Å². The molecule has 0 nitrogen and oxygen atoms in total. The van der Waals surface area contributed by atoms with E-state index in [1.165, 1.54) is 17.2 Å². The Balaban J connectivity index is 0.000000180. The van der Waals surface area contributed by atoms with Crippen molar-refractivity contribution in [2.45, 2.75) is 33.6 Å². The minimum absolute atomic E-state index is 0.132. The molecule has 0 aliphatic carbocycles. The van der Waals surface area contributed by atoms with Crippen LogP contribution in [0.4, 0.5) is 4.39 Å². The van der Waals surface area contributed by atoms with Crippen LogP contribution in [0.5, 0.6) is 0 Å². The van der Waals surface area contributed by atoms with Gasteiger partial charge in [-0.2, -0.15) is 0 Å². The highest BCUT2D eigenvalue weighted by molar-refractivity contribution is 5.15. The highest BCUT2D eigenvalue weighted by atomic mass is 19.1. The van der Waals surface area contributed by atoms with Crippen molar-refractivity contribution in [2.24, 2.45) is 0 Å². The van der Waals surface area contributed by atoms with Gasteiger partial charge in [0.05, 0.1) is 0 Å². The van der Waals surface area contributed by atoms with E-state index in [1.54, 1.807) is 19.1 Å². The zero-order valence-electron chi connectivity index (χ0n) is 14.9. The van der Waals surface area contributed by atoms with Crippen molar-refractivity contribution in [1.29, 1.82) is 0 Å². The zero-order chi connectivity index (χ0) is 17.6. The molecule has 0 fully saturated rings. The molecule has 0 bridgehead atoms. The average molecular weight is 322 g/mol. The summed E-state index contributed by atoms with van der Waals surface area (Å²) in [4.78, 5) is 0. The molecule has 0 saturated heterocycles. The molecular formula is C23H27F. The van der Waals surface area contributed by atoms with Crippen LogP contribution in [-0.4, -0.2) is 0 Å². The first-order valence-corrected chi connectivity index (χ1v) is 8.46. The first-order chi connectivity index (χ1) is 11.7. The summed E-state index contributed by atoms with van der Waals surface area (Å²) in [7, 11) is 0. The fourth-order valence-corrected chi connectivity index (χ4v) is 1.98. The van der Waals surface area contributed by atoms with Gasteiger partial charge in [0.1, 0.15) is 5.82 Å². The van der Waals surface area contributed by atoms with Gasteiger partial charge in [-0.15, -0.1) is 0 Å². The maximum absolute atomic E-state index is 12.3. The second-order valence-corrected chi connectivity index (χ2v) is 5.43. The third-order valence-corrected chi connectivity index (χ3v) is 3.58. The summed E-state index contributed by atoms with van der Waals surface area (Å²) in [5.74, 6) is -0.132. The van der Waals surface area contributed by atoms with Crippen LogP contribution >= 0.6 is 0 Å². The van der Waals surface area contributed by atoms with E-state index in [0.717, 1.165) is 12.8 Å². The van der Waals surface area contributed by atoms with E-state index in [4.69, 9.17) is 0 Å². The summed E-state index contributed by atoms with van der Waals surface area (Å²) < 4.78 is 12.3. The van der Waals surface area contributed by atoms with Gasteiger partial charge >= 0.3 is 0 Å². The minimum Gasteiger partial charge on any atom is -0.207 e. The Hall–Kier alpha value is -2.41. The smallest absolute Gasteiger partial charge is 0.126 e. The van der Waals surface area contributed by atoms with Crippen LogP contribution < -0.4 is 0 Å². The van der Waals surface area contributed by atoms with Crippen molar-refractivity contribution in [3.8, 4) is 0 Å². The minimum atomic E-state index is -0.132. The van der Waals surface area contributed by atoms with E-state index < -0.39 is 0 Å². The van der Waals surface area contributed by atoms with E-state index in [-0.39, 0.29) is 5.82 Å². The van der Waals surface area contributed by atoms with Gasteiger partial charge in [0.15, 0.2) is 0 Å². The third kappa shape index (κ3) is 8.28. The highest BCUT2D eigenvalue weighted by Gasteiger charge is 1.88. The first-order valence-electron chi connectivity index (χ1n) is 8.46. The largest absolute Gasteiger partial charge is 0.207 e. The Morgan fingerprint density at radius 1 is 0.583 bits per heavy atom. The molecule has 0 aliphatic heterocycles. The highest BCUT2D eigenvalue weighted by Crippen LogP contribution is 2.02. The predicted octanol–water partition coefficient (Wildman–Crippen LogP) is 6.63. The second-order valence-electron chi connectivity index (χ2n) is 5.43. The van der Waals surface area contributed by atoms with Crippen molar-refractivity contribution in [2.75, 3.05) is 0 Å². The van der Waals surface area contributed by atoms with Crippen molar-refractivity contribution in [3.05, 3.63) is 107 Å². The molecular weight excluding hydrogens is 295 g/mol.